The Morgan fingerprint density at radius 1 is 1.41 bits per heavy atom. The minimum absolute atomic E-state index is 0.0491. The lowest BCUT2D eigenvalue weighted by molar-refractivity contribution is 0.288. The van der Waals surface area contributed by atoms with Crippen molar-refractivity contribution in [2.75, 3.05) is 13.7 Å². The van der Waals surface area contributed by atoms with Crippen LogP contribution in [0.15, 0.2) is 23.4 Å². The predicted octanol–water partition coefficient (Wildman–Crippen LogP) is 1.97. The molecule has 0 radical (unpaired) electrons. The van der Waals surface area contributed by atoms with E-state index in [0.29, 0.717) is 23.7 Å². The van der Waals surface area contributed by atoms with E-state index in [1.807, 2.05) is 0 Å². The highest BCUT2D eigenvalue weighted by Gasteiger charge is 2.08. The van der Waals surface area contributed by atoms with Gasteiger partial charge >= 0.3 is 0 Å². The van der Waals surface area contributed by atoms with Gasteiger partial charge in [-0.05, 0) is 24.6 Å². The second kappa shape index (κ2) is 6.62. The molecule has 0 atom stereocenters. The molecule has 94 valence electrons. The van der Waals surface area contributed by atoms with Gasteiger partial charge in [-0.1, -0.05) is 18.5 Å². The molecule has 5 heteroatoms. The number of benzene rings is 1. The van der Waals surface area contributed by atoms with Crippen molar-refractivity contribution in [2.45, 2.75) is 19.8 Å². The van der Waals surface area contributed by atoms with Crippen LogP contribution in [0.1, 0.15) is 25.3 Å². The molecule has 0 unspecified atom stereocenters. The van der Waals surface area contributed by atoms with Crippen molar-refractivity contribution in [3.63, 3.8) is 0 Å². The molecule has 1 aromatic carbocycles. The quantitative estimate of drug-likeness (QED) is 0.261. The average Bonchev–Trinajstić information content (AvgIpc) is 2.38. The van der Waals surface area contributed by atoms with Crippen LogP contribution in [0.4, 0.5) is 0 Å². The fourth-order valence-corrected chi connectivity index (χ4v) is 1.33. The van der Waals surface area contributed by atoms with Crippen LogP contribution in [0.3, 0.4) is 0 Å². The first-order valence-electron chi connectivity index (χ1n) is 5.51. The molecule has 0 aliphatic rings. The molecule has 0 bridgehead atoms. The fourth-order valence-electron chi connectivity index (χ4n) is 1.33. The van der Waals surface area contributed by atoms with Gasteiger partial charge in [0.2, 0.25) is 0 Å². The van der Waals surface area contributed by atoms with Crippen LogP contribution in [0.25, 0.3) is 0 Å². The molecule has 0 spiro atoms. The molecule has 0 saturated heterocycles. The van der Waals surface area contributed by atoms with Crippen LogP contribution in [-0.4, -0.2) is 24.8 Å². The van der Waals surface area contributed by atoms with Crippen molar-refractivity contribution in [2.24, 2.45) is 10.9 Å². The maximum absolute atomic E-state index is 8.61. The summed E-state index contributed by atoms with van der Waals surface area (Å²) < 4.78 is 10.8. The molecule has 0 saturated carbocycles. The summed E-state index contributed by atoms with van der Waals surface area (Å²) in [6, 6.07) is 5.14. The zero-order valence-corrected chi connectivity index (χ0v) is 10.1. The Kier molecular flexibility index (Phi) is 5.13. The van der Waals surface area contributed by atoms with E-state index in [0.717, 1.165) is 12.8 Å². The van der Waals surface area contributed by atoms with Gasteiger partial charge in [0.15, 0.2) is 17.3 Å². The Balaban J connectivity index is 2.90. The van der Waals surface area contributed by atoms with E-state index in [9.17, 15) is 0 Å². The smallest absolute Gasteiger partial charge is 0.170 e. The third kappa shape index (κ3) is 3.55. The molecule has 0 amide bonds. The van der Waals surface area contributed by atoms with Crippen molar-refractivity contribution in [1.82, 2.24) is 0 Å². The van der Waals surface area contributed by atoms with Gasteiger partial charge in [-0.3, -0.25) is 0 Å². The second-order valence-corrected chi connectivity index (χ2v) is 3.55. The summed E-state index contributed by atoms with van der Waals surface area (Å²) in [6.07, 6.45) is 2.03. The number of rotatable bonds is 6. The summed E-state index contributed by atoms with van der Waals surface area (Å²) in [7, 11) is 1.57. The van der Waals surface area contributed by atoms with E-state index in [4.69, 9.17) is 20.4 Å². The second-order valence-electron chi connectivity index (χ2n) is 3.55. The van der Waals surface area contributed by atoms with Crippen molar-refractivity contribution in [3.8, 4) is 11.5 Å². The topological polar surface area (TPSA) is 77.1 Å². The lowest BCUT2D eigenvalue weighted by Gasteiger charge is -2.11. The number of hydrogen-bond acceptors (Lipinski definition) is 4. The largest absolute Gasteiger partial charge is 0.493 e. The minimum atomic E-state index is 0.0491. The van der Waals surface area contributed by atoms with Crippen LogP contribution in [0.2, 0.25) is 0 Å². The monoisotopic (exact) mass is 238 g/mol. The summed E-state index contributed by atoms with van der Waals surface area (Å²) in [6.45, 7) is 2.71. The summed E-state index contributed by atoms with van der Waals surface area (Å²) >= 11 is 0. The molecule has 0 fully saturated rings. The van der Waals surface area contributed by atoms with Crippen LogP contribution in [-0.2, 0) is 0 Å². The Bertz CT molecular complexity index is 391. The van der Waals surface area contributed by atoms with Crippen LogP contribution >= 0.6 is 0 Å². The summed E-state index contributed by atoms with van der Waals surface area (Å²) in [4.78, 5) is 0. The van der Waals surface area contributed by atoms with Gasteiger partial charge in [0.05, 0.1) is 13.7 Å². The number of nitrogens with zero attached hydrogens (tertiary/aromatic N) is 1. The number of methoxy groups -OCH3 is 1. The SMILES string of the molecule is CCCCOc1cc(/C(N)=N/O)ccc1OC. The lowest BCUT2D eigenvalue weighted by Crippen LogP contribution is -2.13. The van der Waals surface area contributed by atoms with E-state index in [2.05, 4.69) is 12.1 Å². The Morgan fingerprint density at radius 2 is 2.18 bits per heavy atom. The number of nitrogens with two attached hydrogens (primary N) is 1. The first kappa shape index (κ1) is 13.2. The molecule has 3 N–H and O–H groups in total. The highest BCUT2D eigenvalue weighted by atomic mass is 16.5. The molecule has 0 aliphatic heterocycles. The summed E-state index contributed by atoms with van der Waals surface area (Å²) in [5.74, 6) is 1.29. The molecule has 0 aliphatic carbocycles. The molecular formula is C12H18N2O3. The molecule has 0 heterocycles. The predicted molar refractivity (Wildman–Crippen MR) is 65.9 cm³/mol. The van der Waals surface area contributed by atoms with Gasteiger partial charge in [-0.15, -0.1) is 0 Å². The Labute approximate surface area is 101 Å². The van der Waals surface area contributed by atoms with Gasteiger partial charge in [-0.2, -0.15) is 0 Å². The van der Waals surface area contributed by atoms with Gasteiger partial charge in [0.25, 0.3) is 0 Å². The first-order valence-corrected chi connectivity index (χ1v) is 5.51. The minimum Gasteiger partial charge on any atom is -0.493 e. The Morgan fingerprint density at radius 3 is 2.76 bits per heavy atom. The third-order valence-corrected chi connectivity index (χ3v) is 2.32. The van der Waals surface area contributed by atoms with Gasteiger partial charge in [0.1, 0.15) is 0 Å². The number of ether oxygens (including phenoxy) is 2. The van der Waals surface area contributed by atoms with Crippen molar-refractivity contribution < 1.29 is 14.7 Å². The maximum Gasteiger partial charge on any atom is 0.170 e. The number of oxime groups is 1. The molecular weight excluding hydrogens is 220 g/mol. The molecule has 17 heavy (non-hydrogen) atoms. The summed E-state index contributed by atoms with van der Waals surface area (Å²) in [5.41, 5.74) is 6.11. The molecule has 0 aromatic heterocycles. The first-order chi connectivity index (χ1) is 8.22. The molecule has 1 aromatic rings. The zero-order valence-electron chi connectivity index (χ0n) is 10.1. The summed E-state index contributed by atoms with van der Waals surface area (Å²) in [5, 5.41) is 11.6. The van der Waals surface area contributed by atoms with Crippen LogP contribution in [0, 0.1) is 0 Å². The van der Waals surface area contributed by atoms with Gasteiger partial charge < -0.3 is 20.4 Å². The lowest BCUT2D eigenvalue weighted by atomic mass is 10.2. The molecule has 1 rings (SSSR count). The average molecular weight is 238 g/mol. The van der Waals surface area contributed by atoms with Gasteiger partial charge in [0, 0.05) is 5.56 Å². The van der Waals surface area contributed by atoms with Crippen molar-refractivity contribution in [1.29, 1.82) is 0 Å². The standard InChI is InChI=1S/C12H18N2O3/c1-3-4-7-17-11-8-9(12(13)14-15)5-6-10(11)16-2/h5-6,8,15H,3-4,7H2,1-2H3,(H2,13,14). The number of amidine groups is 1. The molecule has 5 nitrogen and oxygen atoms in total. The number of hydrogen-bond donors (Lipinski definition) is 2. The van der Waals surface area contributed by atoms with Crippen molar-refractivity contribution >= 4 is 5.84 Å². The van der Waals surface area contributed by atoms with E-state index in [1.165, 1.54) is 0 Å². The highest BCUT2D eigenvalue weighted by Crippen LogP contribution is 2.28. The van der Waals surface area contributed by atoms with Gasteiger partial charge in [-0.25, -0.2) is 0 Å². The Hall–Kier alpha value is -1.91. The van der Waals surface area contributed by atoms with Crippen molar-refractivity contribution in [3.05, 3.63) is 23.8 Å². The van der Waals surface area contributed by atoms with E-state index in [1.54, 1.807) is 25.3 Å². The highest BCUT2D eigenvalue weighted by molar-refractivity contribution is 5.97. The third-order valence-electron chi connectivity index (χ3n) is 2.32. The van der Waals surface area contributed by atoms with E-state index in [-0.39, 0.29) is 5.84 Å². The van der Waals surface area contributed by atoms with Crippen LogP contribution < -0.4 is 15.2 Å². The zero-order chi connectivity index (χ0) is 12.7. The van der Waals surface area contributed by atoms with E-state index >= 15 is 0 Å². The van der Waals surface area contributed by atoms with E-state index < -0.39 is 0 Å². The number of unbranched alkanes of at least 4 members (excludes halogenated alkanes) is 1. The fraction of sp³-hybridized carbons (Fsp3) is 0.417. The maximum atomic E-state index is 8.61. The van der Waals surface area contributed by atoms with Crippen LogP contribution in [0.5, 0.6) is 11.5 Å². The normalized spacial score (nSPS) is 11.3.